The molecule has 2 amide bonds. The summed E-state index contributed by atoms with van der Waals surface area (Å²) in [6.45, 7) is 1.51. The molecule has 1 aromatic heterocycles. The normalized spacial score (nSPS) is 17.3. The number of carbonyl (C=O) groups excluding carboxylic acids is 1. The zero-order valence-electron chi connectivity index (χ0n) is 11.9. The van der Waals surface area contributed by atoms with Gasteiger partial charge in [0, 0.05) is 37.2 Å². The number of rotatable bonds is 3. The van der Waals surface area contributed by atoms with Crippen molar-refractivity contribution in [2.45, 2.75) is 12.5 Å². The molecule has 1 unspecified atom stereocenters. The van der Waals surface area contributed by atoms with E-state index in [1.54, 1.807) is 18.6 Å². The van der Waals surface area contributed by atoms with Gasteiger partial charge in [0.15, 0.2) is 0 Å². The molecule has 1 aliphatic rings. The minimum atomic E-state index is -0.332. The second-order valence-corrected chi connectivity index (χ2v) is 5.10. The predicted octanol–water partition coefficient (Wildman–Crippen LogP) is 2.02. The van der Waals surface area contributed by atoms with Crippen molar-refractivity contribution in [3.63, 3.8) is 0 Å². The number of amides is 2. The van der Waals surface area contributed by atoms with Gasteiger partial charge < -0.3 is 15.5 Å². The van der Waals surface area contributed by atoms with E-state index in [1.165, 1.54) is 24.3 Å². The lowest BCUT2D eigenvalue weighted by molar-refractivity contribution is 0.249. The minimum absolute atomic E-state index is 0.0439. The number of hydrogen-bond acceptors (Lipinski definition) is 4. The first-order valence-corrected chi connectivity index (χ1v) is 7.05. The fraction of sp³-hybridized carbons (Fsp3) is 0.267. The molecule has 0 aliphatic carbocycles. The highest BCUT2D eigenvalue weighted by Crippen LogP contribution is 2.16. The van der Waals surface area contributed by atoms with Crippen molar-refractivity contribution in [2.24, 2.45) is 0 Å². The van der Waals surface area contributed by atoms with Gasteiger partial charge in [-0.15, -0.1) is 0 Å². The Bertz CT molecular complexity index is 634. The topological polar surface area (TPSA) is 70.2 Å². The van der Waals surface area contributed by atoms with Crippen molar-refractivity contribution in [3.8, 4) is 0 Å². The molecule has 0 spiro atoms. The maximum atomic E-state index is 12.8. The Hall–Kier alpha value is -2.70. The lowest BCUT2D eigenvalue weighted by Crippen LogP contribution is -2.39. The Morgan fingerprint density at radius 1 is 1.27 bits per heavy atom. The third-order valence-corrected chi connectivity index (χ3v) is 3.50. The number of nitrogens with zero attached hydrogens (tertiary/aromatic N) is 3. The number of nitrogens with one attached hydrogen (secondary N) is 2. The maximum Gasteiger partial charge on any atom is 0.319 e. The van der Waals surface area contributed by atoms with Gasteiger partial charge in [-0.1, -0.05) is 0 Å². The molecular formula is C15H16FN5O. The van der Waals surface area contributed by atoms with Crippen LogP contribution < -0.4 is 15.5 Å². The van der Waals surface area contributed by atoms with Crippen LogP contribution in [0.2, 0.25) is 0 Å². The molecule has 1 atom stereocenters. The highest BCUT2D eigenvalue weighted by Gasteiger charge is 2.24. The zero-order valence-corrected chi connectivity index (χ0v) is 11.9. The van der Waals surface area contributed by atoms with Crippen molar-refractivity contribution in [2.75, 3.05) is 23.3 Å². The molecule has 1 saturated heterocycles. The van der Waals surface area contributed by atoms with E-state index in [0.717, 1.165) is 18.8 Å². The smallest absolute Gasteiger partial charge is 0.319 e. The van der Waals surface area contributed by atoms with Gasteiger partial charge in [-0.25, -0.2) is 14.2 Å². The Balaban J connectivity index is 1.51. The number of benzene rings is 1. The van der Waals surface area contributed by atoms with Crippen LogP contribution in [0.3, 0.4) is 0 Å². The molecular weight excluding hydrogens is 285 g/mol. The first-order chi connectivity index (χ1) is 10.7. The largest absolute Gasteiger partial charge is 0.353 e. The molecule has 1 fully saturated rings. The first-order valence-electron chi connectivity index (χ1n) is 7.05. The van der Waals surface area contributed by atoms with E-state index in [1.807, 2.05) is 0 Å². The predicted molar refractivity (Wildman–Crippen MR) is 81.2 cm³/mol. The first kappa shape index (κ1) is 14.2. The summed E-state index contributed by atoms with van der Waals surface area (Å²) in [6, 6.07) is 5.41. The number of halogens is 1. The summed E-state index contributed by atoms with van der Waals surface area (Å²) in [5.41, 5.74) is 0.558. The number of urea groups is 1. The average molecular weight is 301 g/mol. The Kier molecular flexibility index (Phi) is 4.13. The molecule has 2 heterocycles. The van der Waals surface area contributed by atoms with Gasteiger partial charge >= 0.3 is 6.03 Å². The van der Waals surface area contributed by atoms with Crippen LogP contribution in [-0.2, 0) is 0 Å². The molecule has 22 heavy (non-hydrogen) atoms. The molecule has 1 aromatic carbocycles. The highest BCUT2D eigenvalue weighted by atomic mass is 19.1. The molecule has 7 heteroatoms. The molecule has 1 aliphatic heterocycles. The molecule has 2 N–H and O–H groups in total. The van der Waals surface area contributed by atoms with Crippen LogP contribution in [-0.4, -0.2) is 35.1 Å². The molecule has 2 aromatic rings. The number of hydrogen-bond donors (Lipinski definition) is 2. The van der Waals surface area contributed by atoms with Gasteiger partial charge in [-0.3, -0.25) is 4.98 Å². The summed E-state index contributed by atoms with van der Waals surface area (Å²) >= 11 is 0. The van der Waals surface area contributed by atoms with Gasteiger partial charge in [-0.2, -0.15) is 0 Å². The maximum absolute atomic E-state index is 12.8. The van der Waals surface area contributed by atoms with Crippen LogP contribution in [0.4, 0.5) is 20.7 Å². The zero-order chi connectivity index (χ0) is 15.4. The number of aromatic nitrogens is 2. The van der Waals surface area contributed by atoms with E-state index in [4.69, 9.17) is 0 Å². The second kappa shape index (κ2) is 6.38. The van der Waals surface area contributed by atoms with Gasteiger partial charge in [0.1, 0.15) is 11.6 Å². The Labute approximate surface area is 127 Å². The van der Waals surface area contributed by atoms with E-state index < -0.39 is 0 Å². The quantitative estimate of drug-likeness (QED) is 0.910. The molecule has 6 nitrogen and oxygen atoms in total. The highest BCUT2D eigenvalue weighted by molar-refractivity contribution is 5.89. The molecule has 114 valence electrons. The monoisotopic (exact) mass is 301 g/mol. The Morgan fingerprint density at radius 3 is 2.82 bits per heavy atom. The van der Waals surface area contributed by atoms with E-state index >= 15 is 0 Å². The summed E-state index contributed by atoms with van der Waals surface area (Å²) in [7, 11) is 0. The van der Waals surface area contributed by atoms with Crippen molar-refractivity contribution >= 4 is 17.5 Å². The van der Waals surface area contributed by atoms with Crippen LogP contribution in [0.5, 0.6) is 0 Å². The average Bonchev–Trinajstić information content (AvgIpc) is 2.99. The van der Waals surface area contributed by atoms with E-state index in [2.05, 4.69) is 25.5 Å². The van der Waals surface area contributed by atoms with E-state index in [-0.39, 0.29) is 17.9 Å². The number of carbonyl (C=O) groups is 1. The SMILES string of the molecule is O=C(Nc1ccc(F)cc1)NC1CCN(c2cnccn2)C1. The van der Waals surface area contributed by atoms with Gasteiger partial charge in [0.2, 0.25) is 0 Å². The molecule has 0 saturated carbocycles. The standard InChI is InChI=1S/C15H16FN5O/c16-11-1-3-12(4-2-11)19-15(22)20-13-5-8-21(10-13)14-9-17-6-7-18-14/h1-4,6-7,9,13H,5,8,10H2,(H2,19,20,22). The molecule has 3 rings (SSSR count). The minimum Gasteiger partial charge on any atom is -0.353 e. The van der Waals surface area contributed by atoms with Gasteiger partial charge in [0.25, 0.3) is 0 Å². The lowest BCUT2D eigenvalue weighted by Gasteiger charge is -2.17. The second-order valence-electron chi connectivity index (χ2n) is 5.10. The summed E-state index contributed by atoms with van der Waals surface area (Å²) in [4.78, 5) is 22.3. The lowest BCUT2D eigenvalue weighted by atomic mass is 10.3. The van der Waals surface area contributed by atoms with Gasteiger partial charge in [0.05, 0.1) is 6.20 Å². The van der Waals surface area contributed by atoms with Crippen molar-refractivity contribution in [1.82, 2.24) is 15.3 Å². The van der Waals surface area contributed by atoms with Crippen LogP contribution in [0.15, 0.2) is 42.9 Å². The van der Waals surface area contributed by atoms with Crippen LogP contribution >= 0.6 is 0 Å². The Morgan fingerprint density at radius 2 is 2.09 bits per heavy atom. The van der Waals surface area contributed by atoms with E-state index in [9.17, 15) is 9.18 Å². The third kappa shape index (κ3) is 3.49. The third-order valence-electron chi connectivity index (χ3n) is 3.50. The summed E-state index contributed by atoms with van der Waals surface area (Å²) in [5, 5.41) is 5.60. The van der Waals surface area contributed by atoms with Gasteiger partial charge in [-0.05, 0) is 30.7 Å². The summed E-state index contributed by atoms with van der Waals surface area (Å²) in [5.74, 6) is 0.479. The molecule has 0 bridgehead atoms. The van der Waals surface area contributed by atoms with Crippen molar-refractivity contribution in [3.05, 3.63) is 48.7 Å². The fourth-order valence-corrected chi connectivity index (χ4v) is 2.43. The fourth-order valence-electron chi connectivity index (χ4n) is 2.43. The van der Waals surface area contributed by atoms with E-state index in [0.29, 0.717) is 12.2 Å². The number of anilines is 2. The van der Waals surface area contributed by atoms with Crippen LogP contribution in [0, 0.1) is 5.82 Å². The summed E-state index contributed by atoms with van der Waals surface area (Å²) < 4.78 is 12.8. The van der Waals surface area contributed by atoms with Crippen molar-refractivity contribution < 1.29 is 9.18 Å². The molecule has 0 radical (unpaired) electrons. The van der Waals surface area contributed by atoms with Crippen LogP contribution in [0.1, 0.15) is 6.42 Å². The summed E-state index contributed by atoms with van der Waals surface area (Å²) in [6.07, 6.45) is 5.83. The van der Waals surface area contributed by atoms with Crippen LogP contribution in [0.25, 0.3) is 0 Å². The van der Waals surface area contributed by atoms with Crippen molar-refractivity contribution in [1.29, 1.82) is 0 Å².